The van der Waals surface area contributed by atoms with E-state index in [0.29, 0.717) is 16.8 Å². The smallest absolute Gasteiger partial charge is 0.191 e. The molecule has 2 aromatic rings. The number of nitrogens with one attached hydrogen (secondary N) is 3. The van der Waals surface area contributed by atoms with Crippen molar-refractivity contribution in [3.63, 3.8) is 0 Å². The van der Waals surface area contributed by atoms with Gasteiger partial charge >= 0.3 is 0 Å². The van der Waals surface area contributed by atoms with E-state index in [0.717, 1.165) is 43.2 Å². The maximum absolute atomic E-state index is 10.2. The van der Waals surface area contributed by atoms with E-state index in [9.17, 15) is 5.11 Å². The molecule has 8 heteroatoms. The van der Waals surface area contributed by atoms with Crippen LogP contribution in [0.2, 0.25) is 4.34 Å². The minimum absolute atomic E-state index is 0.299. The number of aliphatic hydroxyl groups is 1. The van der Waals surface area contributed by atoms with Gasteiger partial charge in [0.05, 0.1) is 10.9 Å². The molecule has 6 nitrogen and oxygen atoms in total. The second-order valence-corrected chi connectivity index (χ2v) is 7.40. The number of anilines is 1. The molecule has 2 aromatic heterocycles. The summed E-state index contributed by atoms with van der Waals surface area (Å²) < 4.78 is 0.673. The zero-order valence-electron chi connectivity index (χ0n) is 14.9. The average Bonchev–Trinajstić information content (AvgIpc) is 3.09. The van der Waals surface area contributed by atoms with Gasteiger partial charge in [0.1, 0.15) is 11.9 Å². The SMILES string of the molecule is CCNC(=NCC(O)c1ccc(Cl)s1)NCCCCNc1ccccn1. The topological polar surface area (TPSA) is 81.6 Å². The molecule has 2 rings (SSSR count). The van der Waals surface area contributed by atoms with E-state index in [1.165, 1.54) is 11.3 Å². The number of aromatic nitrogens is 1. The fraction of sp³-hybridized carbons (Fsp3) is 0.444. The van der Waals surface area contributed by atoms with Gasteiger partial charge in [0.2, 0.25) is 0 Å². The van der Waals surface area contributed by atoms with Gasteiger partial charge in [-0.25, -0.2) is 4.98 Å². The molecular weight excluding hydrogens is 370 g/mol. The summed E-state index contributed by atoms with van der Waals surface area (Å²) in [4.78, 5) is 9.51. The number of hydrogen-bond acceptors (Lipinski definition) is 5. The Hall–Kier alpha value is -1.83. The molecule has 0 saturated carbocycles. The monoisotopic (exact) mass is 395 g/mol. The average molecular weight is 396 g/mol. The Labute approximate surface area is 163 Å². The van der Waals surface area contributed by atoms with Crippen molar-refractivity contribution in [1.29, 1.82) is 0 Å². The highest BCUT2D eigenvalue weighted by molar-refractivity contribution is 7.16. The van der Waals surface area contributed by atoms with Crippen molar-refractivity contribution in [2.75, 3.05) is 31.5 Å². The summed E-state index contributed by atoms with van der Waals surface area (Å²) in [6.45, 7) is 4.78. The molecule has 2 heterocycles. The summed E-state index contributed by atoms with van der Waals surface area (Å²) in [6, 6.07) is 9.45. The van der Waals surface area contributed by atoms with Crippen molar-refractivity contribution in [2.24, 2.45) is 4.99 Å². The van der Waals surface area contributed by atoms with Crippen molar-refractivity contribution >= 4 is 34.7 Å². The second kappa shape index (κ2) is 11.7. The summed E-state index contributed by atoms with van der Waals surface area (Å²) in [7, 11) is 0. The van der Waals surface area contributed by atoms with E-state index in [1.54, 1.807) is 12.3 Å². The first-order chi connectivity index (χ1) is 12.7. The van der Waals surface area contributed by atoms with Crippen molar-refractivity contribution in [3.8, 4) is 0 Å². The second-order valence-electron chi connectivity index (χ2n) is 5.65. The Balaban J connectivity index is 1.66. The van der Waals surface area contributed by atoms with Crippen molar-refractivity contribution in [3.05, 3.63) is 45.7 Å². The molecule has 0 radical (unpaired) electrons. The first-order valence-electron chi connectivity index (χ1n) is 8.79. The molecule has 0 amide bonds. The number of nitrogens with zero attached hydrogens (tertiary/aromatic N) is 2. The highest BCUT2D eigenvalue weighted by Crippen LogP contribution is 2.26. The van der Waals surface area contributed by atoms with Crippen LogP contribution in [0, 0.1) is 0 Å². The highest BCUT2D eigenvalue weighted by atomic mass is 35.5. The summed E-state index contributed by atoms with van der Waals surface area (Å²) >= 11 is 7.28. The number of aliphatic imine (C=N–C) groups is 1. The lowest BCUT2D eigenvalue weighted by Crippen LogP contribution is -2.38. The highest BCUT2D eigenvalue weighted by Gasteiger charge is 2.10. The molecule has 0 spiro atoms. The van der Waals surface area contributed by atoms with Crippen LogP contribution in [0.15, 0.2) is 41.5 Å². The molecule has 1 atom stereocenters. The number of thiophene rings is 1. The minimum atomic E-state index is -0.634. The Morgan fingerprint density at radius 2 is 2.08 bits per heavy atom. The summed E-state index contributed by atoms with van der Waals surface area (Å²) in [5.74, 6) is 1.62. The Bertz CT molecular complexity index is 665. The molecule has 4 N–H and O–H groups in total. The van der Waals surface area contributed by atoms with Crippen LogP contribution in [0.1, 0.15) is 30.7 Å². The third-order valence-electron chi connectivity index (χ3n) is 3.56. The Kier molecular flexibility index (Phi) is 9.23. The predicted octanol–water partition coefficient (Wildman–Crippen LogP) is 3.28. The van der Waals surface area contributed by atoms with Crippen molar-refractivity contribution in [1.82, 2.24) is 15.6 Å². The van der Waals surface area contributed by atoms with Gasteiger partial charge in [0, 0.05) is 30.7 Å². The van der Waals surface area contributed by atoms with Crippen LogP contribution in [0.3, 0.4) is 0 Å². The van der Waals surface area contributed by atoms with E-state index >= 15 is 0 Å². The zero-order valence-corrected chi connectivity index (χ0v) is 16.5. The van der Waals surface area contributed by atoms with Gasteiger partial charge in [-0.3, -0.25) is 4.99 Å². The van der Waals surface area contributed by atoms with Gasteiger partial charge < -0.3 is 21.1 Å². The number of rotatable bonds is 10. The van der Waals surface area contributed by atoms with Crippen LogP contribution < -0.4 is 16.0 Å². The fourth-order valence-corrected chi connectivity index (χ4v) is 3.30. The predicted molar refractivity (Wildman–Crippen MR) is 110 cm³/mol. The zero-order chi connectivity index (χ0) is 18.6. The molecule has 0 saturated heterocycles. The van der Waals surface area contributed by atoms with Crippen LogP contribution in [-0.4, -0.2) is 42.2 Å². The molecule has 1 unspecified atom stereocenters. The standard InChI is InChI=1S/C18H26ClN5OS/c1-2-20-18(24-13-14(25)15-8-9-16(19)26-15)23-12-6-5-11-22-17-7-3-4-10-21-17/h3-4,7-10,14,25H,2,5-6,11-13H2,1H3,(H,21,22)(H2,20,23,24). The number of hydrogen-bond donors (Lipinski definition) is 4. The van der Waals surface area contributed by atoms with Gasteiger partial charge in [-0.1, -0.05) is 17.7 Å². The first-order valence-corrected chi connectivity index (χ1v) is 9.99. The van der Waals surface area contributed by atoms with Gasteiger partial charge in [0.15, 0.2) is 5.96 Å². The van der Waals surface area contributed by atoms with E-state index in [4.69, 9.17) is 11.6 Å². The van der Waals surface area contributed by atoms with E-state index in [-0.39, 0.29) is 0 Å². The normalized spacial score (nSPS) is 12.7. The molecule has 142 valence electrons. The number of unbranched alkanes of at least 4 members (excludes halogenated alkanes) is 1. The maximum atomic E-state index is 10.2. The van der Waals surface area contributed by atoms with Crippen LogP contribution in [0.4, 0.5) is 5.82 Å². The van der Waals surface area contributed by atoms with Crippen molar-refractivity contribution in [2.45, 2.75) is 25.9 Å². The molecule has 0 aliphatic heterocycles. The summed E-state index contributed by atoms with van der Waals surface area (Å²) in [5.41, 5.74) is 0. The minimum Gasteiger partial charge on any atom is -0.386 e. The first kappa shape index (κ1) is 20.5. The van der Waals surface area contributed by atoms with Crippen LogP contribution >= 0.6 is 22.9 Å². The molecular formula is C18H26ClN5OS. The number of halogens is 1. The van der Waals surface area contributed by atoms with Gasteiger partial charge in [-0.2, -0.15) is 0 Å². The quantitative estimate of drug-likeness (QED) is 0.282. The molecule has 0 aliphatic carbocycles. The number of aliphatic hydroxyl groups excluding tert-OH is 1. The summed E-state index contributed by atoms with van der Waals surface area (Å²) in [6.07, 6.45) is 3.18. The lowest BCUT2D eigenvalue weighted by Gasteiger charge is -2.12. The largest absolute Gasteiger partial charge is 0.386 e. The lowest BCUT2D eigenvalue weighted by molar-refractivity contribution is 0.191. The van der Waals surface area contributed by atoms with E-state index < -0.39 is 6.10 Å². The summed E-state index contributed by atoms with van der Waals surface area (Å²) in [5, 5.41) is 20.0. The third-order valence-corrected chi connectivity index (χ3v) is 4.89. The Morgan fingerprint density at radius 3 is 2.77 bits per heavy atom. The van der Waals surface area contributed by atoms with E-state index in [1.807, 2.05) is 31.2 Å². The van der Waals surface area contributed by atoms with Gasteiger partial charge in [-0.05, 0) is 44.0 Å². The molecule has 0 fully saturated rings. The Morgan fingerprint density at radius 1 is 1.23 bits per heavy atom. The number of pyridine rings is 1. The fourth-order valence-electron chi connectivity index (χ4n) is 2.26. The molecule has 26 heavy (non-hydrogen) atoms. The molecule has 0 aromatic carbocycles. The molecule has 0 bridgehead atoms. The van der Waals surface area contributed by atoms with Crippen LogP contribution in [-0.2, 0) is 0 Å². The van der Waals surface area contributed by atoms with Crippen LogP contribution in [0.25, 0.3) is 0 Å². The lowest BCUT2D eigenvalue weighted by atomic mass is 10.3. The van der Waals surface area contributed by atoms with Crippen molar-refractivity contribution < 1.29 is 5.11 Å². The number of guanidine groups is 1. The van der Waals surface area contributed by atoms with Crippen LogP contribution in [0.5, 0.6) is 0 Å². The molecule has 0 aliphatic rings. The van der Waals surface area contributed by atoms with E-state index in [2.05, 4.69) is 25.9 Å². The maximum Gasteiger partial charge on any atom is 0.191 e. The van der Waals surface area contributed by atoms with Gasteiger partial charge in [-0.15, -0.1) is 11.3 Å². The van der Waals surface area contributed by atoms with Gasteiger partial charge in [0.25, 0.3) is 0 Å². The third kappa shape index (κ3) is 7.59.